The monoisotopic (exact) mass is 344 g/mol. The van der Waals surface area contributed by atoms with Gasteiger partial charge in [0.1, 0.15) is 16.4 Å². The van der Waals surface area contributed by atoms with Crippen LogP contribution in [0.4, 0.5) is 0 Å². The minimum absolute atomic E-state index is 0.0647. The molecule has 0 fully saturated rings. The zero-order valence-electron chi connectivity index (χ0n) is 13.2. The van der Waals surface area contributed by atoms with Crippen LogP contribution in [0.3, 0.4) is 0 Å². The number of carboxylic acids is 1. The first-order chi connectivity index (χ1) is 11.5. The predicted octanol–water partition coefficient (Wildman–Crippen LogP) is 2.98. The van der Waals surface area contributed by atoms with Crippen LogP contribution >= 0.6 is 11.3 Å². The summed E-state index contributed by atoms with van der Waals surface area (Å²) in [6.07, 6.45) is 4.22. The molecule has 0 amide bonds. The molecule has 0 spiro atoms. The third kappa shape index (κ3) is 2.36. The highest BCUT2D eigenvalue weighted by molar-refractivity contribution is 7.18. The third-order valence-corrected chi connectivity index (χ3v) is 5.64. The molecule has 0 atom stereocenters. The molecule has 3 aromatic heterocycles. The molecule has 0 radical (unpaired) electrons. The Morgan fingerprint density at radius 2 is 2.17 bits per heavy atom. The Bertz CT molecular complexity index is 1010. The molecule has 1 aliphatic rings. The maximum Gasteiger partial charge on any atom is 0.371 e. The highest BCUT2D eigenvalue weighted by Crippen LogP contribution is 2.33. The molecule has 0 saturated carbocycles. The van der Waals surface area contributed by atoms with Crippen molar-refractivity contribution in [2.24, 2.45) is 0 Å². The van der Waals surface area contributed by atoms with Crippen molar-refractivity contribution in [1.29, 1.82) is 0 Å². The Hall–Kier alpha value is -2.41. The number of fused-ring (bicyclic) bond motifs is 3. The number of aromatic nitrogens is 2. The van der Waals surface area contributed by atoms with Crippen molar-refractivity contribution in [2.75, 3.05) is 0 Å². The molecule has 0 unspecified atom stereocenters. The van der Waals surface area contributed by atoms with Crippen molar-refractivity contribution >= 4 is 27.5 Å². The Balaban J connectivity index is 1.82. The quantitative estimate of drug-likeness (QED) is 0.789. The molecule has 0 bridgehead atoms. The van der Waals surface area contributed by atoms with E-state index in [1.165, 1.54) is 10.9 Å². The SMILES string of the molecule is Cc1nc2sc3c(c2c(=O)n1Cc1ccc(C(=O)O)o1)CCCC3. The number of aryl methyl sites for hydroxylation is 3. The van der Waals surface area contributed by atoms with Gasteiger partial charge in [-0.2, -0.15) is 0 Å². The molecular weight excluding hydrogens is 328 g/mol. The first kappa shape index (κ1) is 15.1. The number of nitrogens with zero attached hydrogens (tertiary/aromatic N) is 2. The van der Waals surface area contributed by atoms with E-state index in [-0.39, 0.29) is 17.9 Å². The number of hydrogen-bond donors (Lipinski definition) is 1. The molecule has 0 aromatic carbocycles. The van der Waals surface area contributed by atoms with Gasteiger partial charge >= 0.3 is 5.97 Å². The molecule has 0 aliphatic heterocycles. The second-order valence-corrected chi connectivity index (χ2v) is 7.10. The molecule has 124 valence electrons. The van der Waals surface area contributed by atoms with E-state index < -0.39 is 5.97 Å². The van der Waals surface area contributed by atoms with Crippen LogP contribution < -0.4 is 5.56 Å². The molecule has 7 heteroatoms. The standard InChI is InChI=1S/C17H16N2O4S/c1-9-18-15-14(11-4-2-3-5-13(11)24-15)16(20)19(9)8-10-6-7-12(23-10)17(21)22/h6-7H,2-5,8H2,1H3,(H,21,22). The van der Waals surface area contributed by atoms with Crippen LogP contribution in [0.2, 0.25) is 0 Å². The lowest BCUT2D eigenvalue weighted by Crippen LogP contribution is -2.24. The average Bonchev–Trinajstić information content (AvgIpc) is 3.15. The van der Waals surface area contributed by atoms with Gasteiger partial charge in [-0.25, -0.2) is 9.78 Å². The van der Waals surface area contributed by atoms with Crippen molar-refractivity contribution < 1.29 is 14.3 Å². The van der Waals surface area contributed by atoms with Crippen molar-refractivity contribution in [3.05, 3.63) is 50.3 Å². The Morgan fingerprint density at radius 3 is 2.92 bits per heavy atom. The summed E-state index contributed by atoms with van der Waals surface area (Å²) in [5.41, 5.74) is 1.09. The topological polar surface area (TPSA) is 85.3 Å². The molecule has 1 aliphatic carbocycles. The van der Waals surface area contributed by atoms with Gasteiger partial charge in [0.15, 0.2) is 0 Å². The van der Waals surface area contributed by atoms with E-state index in [1.807, 2.05) is 0 Å². The Morgan fingerprint density at radius 1 is 1.38 bits per heavy atom. The van der Waals surface area contributed by atoms with Gasteiger partial charge in [0.25, 0.3) is 5.56 Å². The van der Waals surface area contributed by atoms with E-state index >= 15 is 0 Å². The summed E-state index contributed by atoms with van der Waals surface area (Å²) in [7, 11) is 0. The highest BCUT2D eigenvalue weighted by atomic mass is 32.1. The van der Waals surface area contributed by atoms with Gasteiger partial charge in [0.05, 0.1) is 11.9 Å². The minimum atomic E-state index is -1.12. The van der Waals surface area contributed by atoms with Gasteiger partial charge in [-0.15, -0.1) is 11.3 Å². The lowest BCUT2D eigenvalue weighted by atomic mass is 9.97. The number of rotatable bonds is 3. The molecule has 3 aromatic rings. The molecule has 6 nitrogen and oxygen atoms in total. The van der Waals surface area contributed by atoms with E-state index in [9.17, 15) is 9.59 Å². The number of furan rings is 1. The van der Waals surface area contributed by atoms with Crippen LogP contribution in [0.15, 0.2) is 21.3 Å². The summed E-state index contributed by atoms with van der Waals surface area (Å²) in [6.45, 7) is 1.98. The lowest BCUT2D eigenvalue weighted by Gasteiger charge is -2.11. The van der Waals surface area contributed by atoms with Crippen LogP contribution in [0, 0.1) is 6.92 Å². The van der Waals surface area contributed by atoms with Gasteiger partial charge in [-0.3, -0.25) is 9.36 Å². The maximum atomic E-state index is 13.0. The van der Waals surface area contributed by atoms with Crippen molar-refractivity contribution in [1.82, 2.24) is 9.55 Å². The van der Waals surface area contributed by atoms with E-state index in [2.05, 4.69) is 4.98 Å². The normalized spacial score (nSPS) is 14.0. The summed E-state index contributed by atoms with van der Waals surface area (Å²) in [6, 6.07) is 2.99. The number of thiophene rings is 1. The van der Waals surface area contributed by atoms with Crippen LogP contribution in [-0.2, 0) is 19.4 Å². The fourth-order valence-corrected chi connectivity index (χ4v) is 4.56. The Kier molecular flexibility index (Phi) is 3.53. The summed E-state index contributed by atoms with van der Waals surface area (Å²) >= 11 is 1.63. The zero-order chi connectivity index (χ0) is 16.8. The fourth-order valence-electron chi connectivity index (χ4n) is 3.26. The summed E-state index contributed by atoms with van der Waals surface area (Å²) < 4.78 is 6.84. The molecule has 0 saturated heterocycles. The van der Waals surface area contributed by atoms with Gasteiger partial charge < -0.3 is 9.52 Å². The highest BCUT2D eigenvalue weighted by Gasteiger charge is 2.21. The van der Waals surface area contributed by atoms with Gasteiger partial charge in [-0.05, 0) is 50.3 Å². The van der Waals surface area contributed by atoms with Gasteiger partial charge in [0, 0.05) is 4.88 Å². The maximum absolute atomic E-state index is 13.0. The smallest absolute Gasteiger partial charge is 0.371 e. The fraction of sp³-hybridized carbons (Fsp3) is 0.353. The number of carbonyl (C=O) groups is 1. The second-order valence-electron chi connectivity index (χ2n) is 6.01. The minimum Gasteiger partial charge on any atom is -0.475 e. The second kappa shape index (κ2) is 5.59. The molecule has 1 N–H and O–H groups in total. The van der Waals surface area contributed by atoms with Gasteiger partial charge in [-0.1, -0.05) is 0 Å². The molecule has 3 heterocycles. The number of hydrogen-bond acceptors (Lipinski definition) is 5. The van der Waals surface area contributed by atoms with Crippen molar-refractivity contribution in [2.45, 2.75) is 39.2 Å². The van der Waals surface area contributed by atoms with Gasteiger partial charge in [0.2, 0.25) is 5.76 Å². The summed E-state index contributed by atoms with van der Waals surface area (Å²) in [4.78, 5) is 30.6. The van der Waals surface area contributed by atoms with Crippen LogP contribution in [0.25, 0.3) is 10.2 Å². The largest absolute Gasteiger partial charge is 0.475 e. The lowest BCUT2D eigenvalue weighted by molar-refractivity contribution is 0.0660. The van der Waals surface area contributed by atoms with E-state index in [4.69, 9.17) is 9.52 Å². The van der Waals surface area contributed by atoms with Crippen molar-refractivity contribution in [3.8, 4) is 0 Å². The predicted molar refractivity (Wildman–Crippen MR) is 90.0 cm³/mol. The van der Waals surface area contributed by atoms with Crippen molar-refractivity contribution in [3.63, 3.8) is 0 Å². The summed E-state index contributed by atoms with van der Waals surface area (Å²) in [5.74, 6) is -0.203. The van der Waals surface area contributed by atoms with Crippen LogP contribution in [0.1, 0.15) is 45.4 Å². The van der Waals surface area contributed by atoms with Crippen LogP contribution in [0.5, 0.6) is 0 Å². The van der Waals surface area contributed by atoms with E-state index in [0.29, 0.717) is 11.6 Å². The molecule has 24 heavy (non-hydrogen) atoms. The van der Waals surface area contributed by atoms with Crippen LogP contribution in [-0.4, -0.2) is 20.6 Å². The first-order valence-corrected chi connectivity index (χ1v) is 8.70. The zero-order valence-corrected chi connectivity index (χ0v) is 14.0. The number of carboxylic acid groups (broad SMARTS) is 1. The third-order valence-electron chi connectivity index (χ3n) is 4.45. The summed E-state index contributed by atoms with van der Waals surface area (Å²) in [5, 5.41) is 9.67. The van der Waals surface area contributed by atoms with E-state index in [1.54, 1.807) is 28.9 Å². The molecule has 4 rings (SSSR count). The molecular formula is C17H16N2O4S. The Labute approximate surface area is 141 Å². The number of aromatic carboxylic acids is 1. The first-order valence-electron chi connectivity index (χ1n) is 7.88. The average molecular weight is 344 g/mol. The van der Waals surface area contributed by atoms with E-state index in [0.717, 1.165) is 41.5 Å².